The van der Waals surface area contributed by atoms with Gasteiger partial charge >= 0.3 is 0 Å². The van der Waals surface area contributed by atoms with Crippen molar-refractivity contribution >= 4 is 11.8 Å². The number of piperidine rings is 1. The Labute approximate surface area is 179 Å². The van der Waals surface area contributed by atoms with E-state index in [0.717, 1.165) is 30.8 Å². The number of rotatable bonds is 6. The monoisotopic (exact) mass is 429 g/mol. The Morgan fingerprint density at radius 2 is 2.03 bits per heavy atom. The maximum absolute atomic E-state index is 13.7. The fourth-order valence-corrected chi connectivity index (χ4v) is 4.33. The topological polar surface area (TPSA) is 77.6 Å². The number of hydrogen-bond acceptors (Lipinski definition) is 5. The molecular weight excluding hydrogens is 404 g/mol. The fraction of sp³-hybridized carbons (Fsp3) is 0.409. The molecule has 1 aromatic carbocycles. The molecule has 2 aromatic rings. The molecule has 0 bridgehead atoms. The summed E-state index contributed by atoms with van der Waals surface area (Å²) in [5.41, 5.74) is 0.372. The number of hydrogen-bond donors (Lipinski definition) is 2. The summed E-state index contributed by atoms with van der Waals surface area (Å²) < 4.78 is 26.7. The molecule has 3 heterocycles. The van der Waals surface area contributed by atoms with E-state index in [4.69, 9.17) is 0 Å². The van der Waals surface area contributed by atoms with Crippen molar-refractivity contribution < 1.29 is 18.4 Å². The van der Waals surface area contributed by atoms with Gasteiger partial charge in [-0.15, -0.1) is 0 Å². The molecule has 31 heavy (non-hydrogen) atoms. The summed E-state index contributed by atoms with van der Waals surface area (Å²) in [7, 11) is 0. The number of likely N-dealkylation sites (tertiary alicyclic amines) is 1. The third-order valence-corrected chi connectivity index (χ3v) is 6.13. The van der Waals surface area contributed by atoms with Gasteiger partial charge in [0.1, 0.15) is 17.2 Å². The van der Waals surface area contributed by atoms with Gasteiger partial charge in [0.2, 0.25) is 5.91 Å². The van der Waals surface area contributed by atoms with Gasteiger partial charge in [-0.25, -0.2) is 8.78 Å². The first-order valence-electron chi connectivity index (χ1n) is 10.4. The molecule has 0 unspecified atom stereocenters. The van der Waals surface area contributed by atoms with Crippen molar-refractivity contribution in [3.8, 4) is 0 Å². The molecule has 2 saturated heterocycles. The summed E-state index contributed by atoms with van der Waals surface area (Å²) >= 11 is 0. The van der Waals surface area contributed by atoms with E-state index >= 15 is 0 Å². The van der Waals surface area contributed by atoms with Gasteiger partial charge in [0, 0.05) is 51.2 Å². The van der Waals surface area contributed by atoms with Crippen LogP contribution in [0.4, 0.5) is 8.78 Å². The molecule has 1 spiro atoms. The van der Waals surface area contributed by atoms with Crippen LogP contribution in [0.3, 0.4) is 0 Å². The molecule has 0 aliphatic carbocycles. The van der Waals surface area contributed by atoms with Gasteiger partial charge in [0.05, 0.1) is 12.2 Å². The average Bonchev–Trinajstić information content (AvgIpc) is 3.05. The standard InChI is InChI=1S/C22H25F2N5O2/c23-17-3-4-18(19(24)12-17)20(30)26-8-11-28-9-5-22(6-10-28)21(31)27-15-29(22)14-16-2-1-7-25-13-16/h1-4,7,12-13H,5-6,8-11,14-15H2,(H,26,30)(H,27,31). The highest BCUT2D eigenvalue weighted by Gasteiger charge is 2.49. The first-order chi connectivity index (χ1) is 15.0. The SMILES string of the molecule is O=C(NCCN1CCC2(CC1)C(=O)NCN2Cc1cccnc1)c1ccc(F)cc1F. The van der Waals surface area contributed by atoms with Crippen LogP contribution in [0.2, 0.25) is 0 Å². The van der Waals surface area contributed by atoms with Crippen LogP contribution in [0.5, 0.6) is 0 Å². The van der Waals surface area contributed by atoms with Crippen LogP contribution < -0.4 is 10.6 Å². The zero-order chi connectivity index (χ0) is 21.8. The predicted octanol–water partition coefficient (Wildman–Crippen LogP) is 1.51. The molecule has 2 fully saturated rings. The van der Waals surface area contributed by atoms with Crippen LogP contribution in [0.1, 0.15) is 28.8 Å². The van der Waals surface area contributed by atoms with Crippen molar-refractivity contribution in [3.05, 3.63) is 65.5 Å². The number of aromatic nitrogens is 1. The number of amides is 2. The highest BCUT2D eigenvalue weighted by molar-refractivity contribution is 5.94. The van der Waals surface area contributed by atoms with Crippen LogP contribution >= 0.6 is 0 Å². The van der Waals surface area contributed by atoms with Crippen molar-refractivity contribution in [2.75, 3.05) is 32.8 Å². The largest absolute Gasteiger partial charge is 0.351 e. The summed E-state index contributed by atoms with van der Waals surface area (Å²) in [5, 5.41) is 5.66. The van der Waals surface area contributed by atoms with Gasteiger partial charge in [-0.2, -0.15) is 0 Å². The van der Waals surface area contributed by atoms with E-state index in [-0.39, 0.29) is 11.5 Å². The van der Waals surface area contributed by atoms with E-state index in [1.54, 1.807) is 6.20 Å². The third-order valence-electron chi connectivity index (χ3n) is 6.13. The lowest BCUT2D eigenvalue weighted by Gasteiger charge is -2.42. The second kappa shape index (κ2) is 9.07. The fourth-order valence-electron chi connectivity index (χ4n) is 4.33. The maximum atomic E-state index is 13.7. The minimum Gasteiger partial charge on any atom is -0.351 e. The van der Waals surface area contributed by atoms with Gasteiger partial charge in [0.15, 0.2) is 0 Å². The van der Waals surface area contributed by atoms with Crippen LogP contribution in [0, 0.1) is 11.6 Å². The summed E-state index contributed by atoms with van der Waals surface area (Å²) in [5.74, 6) is -2.09. The van der Waals surface area contributed by atoms with Crippen LogP contribution in [-0.2, 0) is 11.3 Å². The second-order valence-electron chi connectivity index (χ2n) is 7.98. The van der Waals surface area contributed by atoms with Gasteiger partial charge in [0.25, 0.3) is 5.91 Å². The lowest BCUT2D eigenvalue weighted by molar-refractivity contribution is -0.129. The van der Waals surface area contributed by atoms with Crippen molar-refractivity contribution in [2.45, 2.75) is 24.9 Å². The minimum atomic E-state index is -0.877. The number of pyridine rings is 1. The minimum absolute atomic E-state index is 0.0659. The molecule has 1 aromatic heterocycles. The Hall–Kier alpha value is -2.91. The van der Waals surface area contributed by atoms with Crippen LogP contribution in [0.25, 0.3) is 0 Å². The van der Waals surface area contributed by atoms with E-state index in [2.05, 4.69) is 25.4 Å². The molecule has 2 aliphatic heterocycles. The molecule has 2 aliphatic rings. The number of nitrogens with one attached hydrogen (secondary N) is 2. The Kier molecular flexibility index (Phi) is 6.24. The molecule has 2 N–H and O–H groups in total. The van der Waals surface area contributed by atoms with Gasteiger partial charge in [-0.3, -0.25) is 19.5 Å². The number of halogens is 2. The maximum Gasteiger partial charge on any atom is 0.254 e. The second-order valence-corrected chi connectivity index (χ2v) is 7.98. The molecule has 7 nitrogen and oxygen atoms in total. The Morgan fingerprint density at radius 1 is 1.23 bits per heavy atom. The molecular formula is C22H25F2N5O2. The number of carbonyl (C=O) groups is 2. The number of nitrogens with zero attached hydrogens (tertiary/aromatic N) is 3. The summed E-state index contributed by atoms with van der Waals surface area (Å²) in [4.78, 5) is 33.3. The summed E-state index contributed by atoms with van der Waals surface area (Å²) in [6.45, 7) is 3.55. The summed E-state index contributed by atoms with van der Waals surface area (Å²) in [6.07, 6.45) is 4.94. The normalized spacial score (nSPS) is 18.8. The van der Waals surface area contributed by atoms with E-state index < -0.39 is 23.1 Å². The molecule has 164 valence electrons. The lowest BCUT2D eigenvalue weighted by Crippen LogP contribution is -2.56. The zero-order valence-corrected chi connectivity index (χ0v) is 17.1. The molecule has 2 amide bonds. The Morgan fingerprint density at radius 3 is 2.74 bits per heavy atom. The van der Waals surface area contributed by atoms with Crippen molar-refractivity contribution in [2.24, 2.45) is 0 Å². The van der Waals surface area contributed by atoms with Gasteiger partial charge in [-0.05, 0) is 36.6 Å². The average molecular weight is 429 g/mol. The van der Waals surface area contributed by atoms with E-state index in [9.17, 15) is 18.4 Å². The Bertz CT molecular complexity index is 948. The molecule has 0 radical (unpaired) electrons. The highest BCUT2D eigenvalue weighted by Crippen LogP contribution is 2.33. The third kappa shape index (κ3) is 4.57. The molecule has 0 atom stereocenters. The Balaban J connectivity index is 1.28. The quantitative estimate of drug-likeness (QED) is 0.728. The van der Waals surface area contributed by atoms with E-state index in [1.165, 1.54) is 0 Å². The highest BCUT2D eigenvalue weighted by atomic mass is 19.1. The zero-order valence-electron chi connectivity index (χ0n) is 17.1. The first-order valence-corrected chi connectivity index (χ1v) is 10.4. The van der Waals surface area contributed by atoms with Crippen LogP contribution in [0.15, 0.2) is 42.7 Å². The van der Waals surface area contributed by atoms with Crippen molar-refractivity contribution in [1.29, 1.82) is 0 Å². The van der Waals surface area contributed by atoms with Crippen LogP contribution in [-0.4, -0.2) is 65.0 Å². The smallest absolute Gasteiger partial charge is 0.254 e. The van der Waals surface area contributed by atoms with Crippen molar-refractivity contribution in [3.63, 3.8) is 0 Å². The van der Waals surface area contributed by atoms with Gasteiger partial charge in [-0.1, -0.05) is 6.07 Å². The predicted molar refractivity (Wildman–Crippen MR) is 110 cm³/mol. The lowest BCUT2D eigenvalue weighted by atomic mass is 9.86. The summed E-state index contributed by atoms with van der Waals surface area (Å²) in [6, 6.07) is 6.79. The van der Waals surface area contributed by atoms with Gasteiger partial charge < -0.3 is 15.5 Å². The van der Waals surface area contributed by atoms with Crippen molar-refractivity contribution in [1.82, 2.24) is 25.4 Å². The number of carbonyl (C=O) groups excluding carboxylic acids is 2. The molecule has 0 saturated carbocycles. The number of benzene rings is 1. The molecule has 4 rings (SSSR count). The van der Waals surface area contributed by atoms with E-state index in [0.29, 0.717) is 45.2 Å². The van der Waals surface area contributed by atoms with E-state index in [1.807, 2.05) is 18.3 Å². The first kappa shape index (κ1) is 21.3. The molecule has 9 heteroatoms.